The van der Waals surface area contributed by atoms with Gasteiger partial charge in [-0.1, -0.05) is 12.1 Å². The molecule has 2 aliphatic rings. The quantitative estimate of drug-likeness (QED) is 0.696. The lowest BCUT2D eigenvalue weighted by Gasteiger charge is -2.32. The molecule has 0 aromatic heterocycles. The molecule has 1 aromatic carbocycles. The highest BCUT2D eigenvalue weighted by Gasteiger charge is 2.57. The first-order valence-corrected chi connectivity index (χ1v) is 10.1. The highest BCUT2D eigenvalue weighted by molar-refractivity contribution is 6.53. The molecule has 7 heteroatoms. The molecule has 0 N–H and O–H groups in total. The van der Waals surface area contributed by atoms with Crippen molar-refractivity contribution in [2.75, 3.05) is 7.11 Å². The average Bonchev–Trinajstić information content (AvgIpc) is 2.91. The summed E-state index contributed by atoms with van der Waals surface area (Å²) in [6.45, 7) is 16.6. The van der Waals surface area contributed by atoms with Crippen molar-refractivity contribution >= 4 is 14.2 Å². The van der Waals surface area contributed by atoms with E-state index in [9.17, 15) is 0 Å². The lowest BCUT2D eigenvalue weighted by Crippen LogP contribution is -2.41. The highest BCUT2D eigenvalue weighted by atomic mass is 16.7. The maximum atomic E-state index is 6.39. The van der Waals surface area contributed by atoms with Gasteiger partial charge in [-0.2, -0.15) is 0 Å². The summed E-state index contributed by atoms with van der Waals surface area (Å²) in [6, 6.07) is 8.08. The van der Waals surface area contributed by atoms with Crippen molar-refractivity contribution in [2.24, 2.45) is 0 Å². The van der Waals surface area contributed by atoms with Gasteiger partial charge in [-0.15, -0.1) is 0 Å². The highest BCUT2D eigenvalue weighted by Crippen LogP contribution is 2.45. The minimum absolute atomic E-state index is 0.0262. The average molecular weight is 388 g/mol. The van der Waals surface area contributed by atoms with E-state index in [-0.39, 0.29) is 31.3 Å². The third kappa shape index (κ3) is 3.87. The second-order valence-electron chi connectivity index (χ2n) is 9.93. The molecular weight excluding hydrogens is 354 g/mol. The summed E-state index contributed by atoms with van der Waals surface area (Å²) in [5, 5.41) is 0. The Morgan fingerprint density at radius 3 is 1.61 bits per heavy atom. The second kappa shape index (κ2) is 7.05. The lowest BCUT2D eigenvalue weighted by atomic mass is 9.58. The van der Waals surface area contributed by atoms with Crippen molar-refractivity contribution in [3.8, 4) is 5.75 Å². The zero-order valence-electron chi connectivity index (χ0n) is 18.8. The smallest absolute Gasteiger partial charge is 0.465 e. The van der Waals surface area contributed by atoms with Crippen LogP contribution in [0, 0.1) is 0 Å². The topological polar surface area (TPSA) is 46.2 Å². The van der Waals surface area contributed by atoms with Gasteiger partial charge in [-0.25, -0.2) is 0 Å². The van der Waals surface area contributed by atoms with Gasteiger partial charge in [0.2, 0.25) is 0 Å². The number of ether oxygens (including phenoxy) is 1. The zero-order valence-corrected chi connectivity index (χ0v) is 18.8. The van der Waals surface area contributed by atoms with Crippen molar-refractivity contribution in [3.05, 3.63) is 29.8 Å². The molecule has 1 atom stereocenters. The number of methoxy groups -OCH3 is 1. The van der Waals surface area contributed by atoms with E-state index in [1.807, 2.05) is 12.1 Å². The first-order valence-electron chi connectivity index (χ1n) is 10.1. The minimum atomic E-state index is -0.391. The third-order valence-corrected chi connectivity index (χ3v) is 6.89. The molecule has 0 radical (unpaired) electrons. The summed E-state index contributed by atoms with van der Waals surface area (Å²) in [5.41, 5.74) is -0.388. The largest absolute Gasteiger partial charge is 0.497 e. The summed E-state index contributed by atoms with van der Waals surface area (Å²) >= 11 is 0. The van der Waals surface area contributed by atoms with Gasteiger partial charge in [0.1, 0.15) is 5.75 Å². The Morgan fingerprint density at radius 2 is 1.18 bits per heavy atom. The van der Waals surface area contributed by atoms with Gasteiger partial charge >= 0.3 is 14.2 Å². The molecule has 1 unspecified atom stereocenters. The maximum absolute atomic E-state index is 6.39. The van der Waals surface area contributed by atoms with Gasteiger partial charge < -0.3 is 23.4 Å². The van der Waals surface area contributed by atoms with Crippen LogP contribution in [0.5, 0.6) is 5.75 Å². The van der Waals surface area contributed by atoms with Crippen LogP contribution in [0.3, 0.4) is 0 Å². The second-order valence-corrected chi connectivity index (χ2v) is 9.93. The van der Waals surface area contributed by atoms with Crippen molar-refractivity contribution in [2.45, 2.75) is 89.9 Å². The molecule has 1 aromatic rings. The van der Waals surface area contributed by atoms with E-state index in [2.05, 4.69) is 67.5 Å². The number of rotatable bonds is 5. The Labute approximate surface area is 170 Å². The van der Waals surface area contributed by atoms with Crippen LogP contribution in [-0.2, 0) is 18.6 Å². The Bertz CT molecular complexity index is 667. The van der Waals surface area contributed by atoms with E-state index in [0.29, 0.717) is 6.32 Å². The molecule has 0 spiro atoms. The Balaban J connectivity index is 1.88. The molecule has 2 aliphatic heterocycles. The number of hydrogen-bond acceptors (Lipinski definition) is 5. The van der Waals surface area contributed by atoms with Crippen LogP contribution >= 0.6 is 0 Å². The fourth-order valence-corrected chi connectivity index (χ4v) is 3.58. The van der Waals surface area contributed by atoms with Crippen LogP contribution in [0.15, 0.2) is 24.3 Å². The summed E-state index contributed by atoms with van der Waals surface area (Å²) in [6.07, 6.45) is 0.649. The predicted octanol–water partition coefficient (Wildman–Crippen LogP) is 4.50. The van der Waals surface area contributed by atoms with Crippen molar-refractivity contribution < 1.29 is 23.4 Å². The molecule has 28 heavy (non-hydrogen) atoms. The molecule has 0 bridgehead atoms. The molecule has 2 fully saturated rings. The SMILES string of the molecule is COc1ccc(C(CB2OC(C)(C)C(C)(C)O2)B2OC(C)(C)C(C)(C)O2)cc1. The molecule has 2 heterocycles. The first-order chi connectivity index (χ1) is 12.8. The summed E-state index contributed by atoms with van der Waals surface area (Å²) < 4.78 is 30.6. The first kappa shape index (κ1) is 21.7. The Morgan fingerprint density at radius 1 is 0.750 bits per heavy atom. The van der Waals surface area contributed by atoms with E-state index in [4.69, 9.17) is 23.4 Å². The lowest BCUT2D eigenvalue weighted by molar-refractivity contribution is 0.00578. The standard InChI is InChI=1S/C21H34B2O5/c1-18(2)19(3,4)26-22(25-18)14-17(15-10-12-16(24-9)13-11-15)23-27-20(5,6)21(7,8)28-23/h10-13,17H,14H2,1-9H3. The van der Waals surface area contributed by atoms with Crippen molar-refractivity contribution in [3.63, 3.8) is 0 Å². The van der Waals surface area contributed by atoms with E-state index in [1.54, 1.807) is 7.11 Å². The Kier molecular flexibility index (Phi) is 5.46. The molecule has 5 nitrogen and oxygen atoms in total. The fraction of sp³-hybridized carbons (Fsp3) is 0.714. The zero-order chi connectivity index (χ0) is 21.0. The summed E-state index contributed by atoms with van der Waals surface area (Å²) in [7, 11) is 0.971. The molecule has 0 saturated carbocycles. The van der Waals surface area contributed by atoms with Crippen LogP contribution in [0.25, 0.3) is 0 Å². The van der Waals surface area contributed by atoms with Gasteiger partial charge in [-0.05, 0) is 79.4 Å². The van der Waals surface area contributed by atoms with Crippen LogP contribution < -0.4 is 4.74 Å². The monoisotopic (exact) mass is 388 g/mol. The summed E-state index contributed by atoms with van der Waals surface area (Å²) in [4.78, 5) is 0. The van der Waals surface area contributed by atoms with E-state index in [1.165, 1.54) is 0 Å². The predicted molar refractivity (Wildman–Crippen MR) is 113 cm³/mol. The van der Waals surface area contributed by atoms with Gasteiger partial charge in [-0.3, -0.25) is 0 Å². The van der Waals surface area contributed by atoms with Crippen LogP contribution in [0.4, 0.5) is 0 Å². The Hall–Kier alpha value is -1.01. The molecule has 0 amide bonds. The van der Waals surface area contributed by atoms with E-state index in [0.717, 1.165) is 11.3 Å². The molecule has 0 aliphatic carbocycles. The molecule has 154 valence electrons. The van der Waals surface area contributed by atoms with Crippen LogP contribution in [0.1, 0.15) is 66.8 Å². The van der Waals surface area contributed by atoms with Crippen LogP contribution in [-0.4, -0.2) is 43.8 Å². The van der Waals surface area contributed by atoms with Crippen molar-refractivity contribution in [1.29, 1.82) is 0 Å². The van der Waals surface area contributed by atoms with Gasteiger partial charge in [0.15, 0.2) is 0 Å². The van der Waals surface area contributed by atoms with Gasteiger partial charge in [0.05, 0.1) is 29.5 Å². The number of benzene rings is 1. The third-order valence-electron chi connectivity index (χ3n) is 6.89. The van der Waals surface area contributed by atoms with E-state index < -0.39 is 11.2 Å². The van der Waals surface area contributed by atoms with Gasteiger partial charge in [0, 0.05) is 5.82 Å². The van der Waals surface area contributed by atoms with E-state index >= 15 is 0 Å². The molecule has 2 saturated heterocycles. The van der Waals surface area contributed by atoms with Gasteiger partial charge in [0.25, 0.3) is 0 Å². The number of hydrogen-bond donors (Lipinski definition) is 0. The molecular formula is C21H34B2O5. The minimum Gasteiger partial charge on any atom is -0.497 e. The maximum Gasteiger partial charge on any atom is 0.465 e. The summed E-state index contributed by atoms with van der Waals surface area (Å²) in [5.74, 6) is 0.800. The molecule has 3 rings (SSSR count). The fourth-order valence-electron chi connectivity index (χ4n) is 3.58. The van der Waals surface area contributed by atoms with Crippen molar-refractivity contribution in [1.82, 2.24) is 0 Å². The van der Waals surface area contributed by atoms with Crippen LogP contribution in [0.2, 0.25) is 6.32 Å². The normalized spacial score (nSPS) is 25.8.